The minimum Gasteiger partial charge on any atom is -0.324 e. The van der Waals surface area contributed by atoms with Crippen LogP contribution in [0.4, 0.5) is 0 Å². The third kappa shape index (κ3) is 4.92. The first-order valence-electron chi connectivity index (χ1n) is 2.89. The lowest BCUT2D eigenvalue weighted by Crippen LogP contribution is -2.30. The van der Waals surface area contributed by atoms with Gasteiger partial charge in [0.25, 0.3) is 0 Å². The number of hydrazine groups is 1. The number of rotatable bonds is 4. The second kappa shape index (κ2) is 4.46. The van der Waals surface area contributed by atoms with Gasteiger partial charge in [0.2, 0.25) is 5.91 Å². The number of hydrogen-bond acceptors (Lipinski definition) is 4. The van der Waals surface area contributed by atoms with Crippen molar-refractivity contribution in [2.75, 3.05) is 13.3 Å². The molecule has 0 fully saturated rings. The van der Waals surface area contributed by atoms with Crippen LogP contribution >= 0.6 is 7.60 Å². The van der Waals surface area contributed by atoms with Crippen LogP contribution in [0, 0.1) is 0 Å². The Bertz CT molecular complexity index is 183. The Morgan fingerprint density at radius 3 is 2.73 bits per heavy atom. The average Bonchev–Trinajstić information content (AvgIpc) is 2.00. The smallest absolute Gasteiger partial charge is 0.324 e. The van der Waals surface area contributed by atoms with Crippen molar-refractivity contribution in [2.24, 2.45) is 5.84 Å². The molecule has 0 aliphatic rings. The number of amides is 1. The van der Waals surface area contributed by atoms with E-state index in [1.807, 2.05) is 5.43 Å². The molecule has 1 atom stereocenters. The van der Waals surface area contributed by atoms with E-state index >= 15 is 0 Å². The van der Waals surface area contributed by atoms with Gasteiger partial charge >= 0.3 is 7.60 Å². The summed E-state index contributed by atoms with van der Waals surface area (Å²) in [6, 6.07) is 0. The van der Waals surface area contributed by atoms with Crippen LogP contribution in [0.2, 0.25) is 0 Å². The highest BCUT2D eigenvalue weighted by atomic mass is 31.2. The molecule has 0 aromatic carbocycles. The van der Waals surface area contributed by atoms with Gasteiger partial charge in [-0.2, -0.15) is 0 Å². The van der Waals surface area contributed by atoms with Crippen molar-refractivity contribution < 1.29 is 18.8 Å². The van der Waals surface area contributed by atoms with Crippen molar-refractivity contribution in [1.82, 2.24) is 5.43 Å². The summed E-state index contributed by atoms with van der Waals surface area (Å²) in [6.45, 7) is 0. The molecule has 7 heteroatoms. The van der Waals surface area contributed by atoms with Crippen molar-refractivity contribution in [3.8, 4) is 0 Å². The van der Waals surface area contributed by atoms with Crippen LogP contribution in [-0.4, -0.2) is 24.1 Å². The lowest BCUT2D eigenvalue weighted by Gasteiger charge is -2.06. The van der Waals surface area contributed by atoms with Crippen LogP contribution < -0.4 is 11.3 Å². The molecule has 6 nitrogen and oxygen atoms in total. The Morgan fingerprint density at radius 2 is 2.36 bits per heavy atom. The molecular formula is C4H11N2O4P. The van der Waals surface area contributed by atoms with Gasteiger partial charge in [-0.05, 0) is 0 Å². The van der Waals surface area contributed by atoms with Gasteiger partial charge in [0, 0.05) is 13.5 Å². The molecular weight excluding hydrogens is 171 g/mol. The van der Waals surface area contributed by atoms with E-state index in [0.717, 1.165) is 7.11 Å². The first kappa shape index (κ1) is 10.6. The zero-order valence-corrected chi connectivity index (χ0v) is 7.01. The van der Waals surface area contributed by atoms with Gasteiger partial charge in [-0.1, -0.05) is 0 Å². The van der Waals surface area contributed by atoms with Crippen molar-refractivity contribution in [3.05, 3.63) is 0 Å². The van der Waals surface area contributed by atoms with Gasteiger partial charge in [-0.3, -0.25) is 14.8 Å². The van der Waals surface area contributed by atoms with Gasteiger partial charge in [-0.25, -0.2) is 5.84 Å². The number of carbonyl (C=O) groups excluding carboxylic acids is 1. The molecule has 0 saturated heterocycles. The molecule has 0 spiro atoms. The van der Waals surface area contributed by atoms with Crippen molar-refractivity contribution in [1.29, 1.82) is 0 Å². The highest BCUT2D eigenvalue weighted by Crippen LogP contribution is 2.40. The minimum absolute atomic E-state index is 0.113. The minimum atomic E-state index is -3.56. The maximum absolute atomic E-state index is 10.7. The molecule has 0 radical (unpaired) electrons. The highest BCUT2D eigenvalue weighted by Gasteiger charge is 2.17. The fourth-order valence-electron chi connectivity index (χ4n) is 0.406. The third-order valence-electron chi connectivity index (χ3n) is 1.07. The van der Waals surface area contributed by atoms with Gasteiger partial charge in [-0.15, -0.1) is 0 Å². The molecule has 0 aromatic rings. The van der Waals surface area contributed by atoms with Gasteiger partial charge in [0.05, 0.1) is 6.16 Å². The lowest BCUT2D eigenvalue weighted by molar-refractivity contribution is -0.120. The van der Waals surface area contributed by atoms with Gasteiger partial charge in [0.1, 0.15) is 0 Å². The Balaban J connectivity index is 3.70. The van der Waals surface area contributed by atoms with E-state index in [1.54, 1.807) is 0 Å². The fourth-order valence-corrected chi connectivity index (χ4v) is 1.07. The van der Waals surface area contributed by atoms with Gasteiger partial charge < -0.3 is 9.42 Å². The zero-order chi connectivity index (χ0) is 8.91. The number of carbonyl (C=O) groups is 1. The number of nitrogens with two attached hydrogens (primary N) is 1. The second-order valence-electron chi connectivity index (χ2n) is 1.86. The largest absolute Gasteiger partial charge is 0.328 e. The Hall–Kier alpha value is -0.420. The Kier molecular flexibility index (Phi) is 4.29. The summed E-state index contributed by atoms with van der Waals surface area (Å²) < 4.78 is 14.9. The standard InChI is InChI=1S/C4H11N2O4P/c1-10-11(8,9)3-2-4(7)6-5/h2-3,5H2,1H3,(H,6,7)(H,8,9). The molecule has 1 amide bonds. The molecule has 0 aliphatic heterocycles. The number of nitrogens with one attached hydrogen (secondary N) is 1. The Labute approximate surface area is 64.2 Å². The SMILES string of the molecule is COP(=O)(O)CCC(=O)NN. The van der Waals surface area contributed by atoms with Crippen LogP contribution in [0.3, 0.4) is 0 Å². The summed E-state index contributed by atoms with van der Waals surface area (Å²) >= 11 is 0. The summed E-state index contributed by atoms with van der Waals surface area (Å²) in [5, 5.41) is 0. The monoisotopic (exact) mass is 182 g/mol. The van der Waals surface area contributed by atoms with Crippen molar-refractivity contribution >= 4 is 13.5 Å². The molecule has 0 aliphatic carbocycles. The quantitative estimate of drug-likeness (QED) is 0.228. The van der Waals surface area contributed by atoms with E-state index in [0.29, 0.717) is 0 Å². The molecule has 0 rings (SSSR count). The van der Waals surface area contributed by atoms with Crippen LogP contribution in [0.15, 0.2) is 0 Å². The molecule has 11 heavy (non-hydrogen) atoms. The van der Waals surface area contributed by atoms with Crippen LogP contribution in [0.5, 0.6) is 0 Å². The predicted octanol–water partition coefficient (Wildman–Crippen LogP) is -0.802. The molecule has 0 bridgehead atoms. The van der Waals surface area contributed by atoms with E-state index in [2.05, 4.69) is 4.52 Å². The molecule has 0 heterocycles. The normalized spacial score (nSPS) is 15.5. The summed E-state index contributed by atoms with van der Waals surface area (Å²) in [5.41, 5.74) is 1.83. The molecule has 4 N–H and O–H groups in total. The zero-order valence-electron chi connectivity index (χ0n) is 6.11. The lowest BCUT2D eigenvalue weighted by atomic mass is 10.5. The fraction of sp³-hybridized carbons (Fsp3) is 0.750. The molecule has 0 saturated carbocycles. The summed E-state index contributed by atoms with van der Waals surface area (Å²) in [4.78, 5) is 19.2. The topological polar surface area (TPSA) is 102 Å². The average molecular weight is 182 g/mol. The first-order valence-corrected chi connectivity index (χ1v) is 4.65. The van der Waals surface area contributed by atoms with Crippen LogP contribution in [0.25, 0.3) is 0 Å². The summed E-state index contributed by atoms with van der Waals surface area (Å²) in [7, 11) is -2.44. The summed E-state index contributed by atoms with van der Waals surface area (Å²) in [5.74, 6) is 4.24. The Morgan fingerprint density at radius 1 is 1.82 bits per heavy atom. The van der Waals surface area contributed by atoms with E-state index < -0.39 is 13.5 Å². The second-order valence-corrected chi connectivity index (χ2v) is 3.95. The molecule has 1 unspecified atom stereocenters. The maximum atomic E-state index is 10.7. The van der Waals surface area contributed by atoms with Crippen molar-refractivity contribution in [2.45, 2.75) is 6.42 Å². The van der Waals surface area contributed by atoms with Crippen molar-refractivity contribution in [3.63, 3.8) is 0 Å². The molecule has 0 aromatic heterocycles. The van der Waals surface area contributed by atoms with E-state index in [-0.39, 0.29) is 12.6 Å². The summed E-state index contributed by atoms with van der Waals surface area (Å²) in [6.07, 6.45) is -0.329. The maximum Gasteiger partial charge on any atom is 0.328 e. The van der Waals surface area contributed by atoms with E-state index in [4.69, 9.17) is 10.7 Å². The van der Waals surface area contributed by atoms with Crippen LogP contribution in [-0.2, 0) is 13.9 Å². The van der Waals surface area contributed by atoms with Crippen LogP contribution in [0.1, 0.15) is 6.42 Å². The van der Waals surface area contributed by atoms with Gasteiger partial charge in [0.15, 0.2) is 0 Å². The predicted molar refractivity (Wildman–Crippen MR) is 38.6 cm³/mol. The first-order chi connectivity index (χ1) is 5.02. The van der Waals surface area contributed by atoms with E-state index in [9.17, 15) is 9.36 Å². The van der Waals surface area contributed by atoms with E-state index in [1.165, 1.54) is 0 Å². The third-order valence-corrected chi connectivity index (χ3v) is 2.43. The molecule has 66 valence electrons. The number of hydrogen-bond donors (Lipinski definition) is 3. The highest BCUT2D eigenvalue weighted by molar-refractivity contribution is 7.52.